The third-order valence-corrected chi connectivity index (χ3v) is 5.28. The van der Waals surface area contributed by atoms with E-state index in [1.165, 1.54) is 12.1 Å². The van der Waals surface area contributed by atoms with E-state index >= 15 is 0 Å². The van der Waals surface area contributed by atoms with E-state index < -0.39 is 4.92 Å². The lowest BCUT2D eigenvalue weighted by molar-refractivity contribution is -0.384. The molecule has 3 rings (SSSR count). The normalized spacial score (nSPS) is 16.2. The Kier molecular flexibility index (Phi) is 7.22. The largest absolute Gasteiger partial charge is 0.355 e. The smallest absolute Gasteiger partial charge is 0.289 e. The second-order valence-electron chi connectivity index (χ2n) is 7.18. The number of hydrogen-bond acceptors (Lipinski definition) is 7. The zero-order chi connectivity index (χ0) is 20.8. The first-order valence-electron chi connectivity index (χ1n) is 10.1. The number of anilines is 3. The summed E-state index contributed by atoms with van der Waals surface area (Å²) >= 11 is 5.91. The average Bonchev–Trinajstić information content (AvgIpc) is 3.16. The lowest BCUT2D eigenvalue weighted by Gasteiger charge is -2.19. The monoisotopic (exact) mass is 418 g/mol. The number of nitrogens with zero attached hydrogens (tertiary/aromatic N) is 4. The van der Waals surface area contributed by atoms with Gasteiger partial charge >= 0.3 is 0 Å². The predicted octanol–water partition coefficient (Wildman–Crippen LogP) is 4.31. The molecule has 156 valence electrons. The van der Waals surface area contributed by atoms with E-state index in [0.29, 0.717) is 17.7 Å². The van der Waals surface area contributed by atoms with Gasteiger partial charge in [0.25, 0.3) is 5.69 Å². The number of rotatable bonds is 9. The summed E-state index contributed by atoms with van der Waals surface area (Å²) in [6.07, 6.45) is 4.07. The SMILES string of the molecule is CCCCc1cc(N2CC[C@H](NCC)C2)nc(Nc2ccc(Cl)c([N+](=O)[O-])c2)n1. The first-order valence-corrected chi connectivity index (χ1v) is 10.4. The summed E-state index contributed by atoms with van der Waals surface area (Å²) in [7, 11) is 0. The Morgan fingerprint density at radius 2 is 2.14 bits per heavy atom. The second-order valence-corrected chi connectivity index (χ2v) is 7.59. The fourth-order valence-electron chi connectivity index (χ4n) is 3.47. The highest BCUT2D eigenvalue weighted by Crippen LogP contribution is 2.29. The zero-order valence-electron chi connectivity index (χ0n) is 16.8. The van der Waals surface area contributed by atoms with E-state index in [9.17, 15) is 10.1 Å². The molecule has 1 aliphatic heterocycles. The average molecular weight is 419 g/mol. The van der Waals surface area contributed by atoms with Crippen molar-refractivity contribution in [1.29, 1.82) is 0 Å². The van der Waals surface area contributed by atoms with Crippen LogP contribution in [-0.2, 0) is 6.42 Å². The number of hydrogen-bond donors (Lipinski definition) is 2. The van der Waals surface area contributed by atoms with Crippen molar-refractivity contribution >= 4 is 34.7 Å². The van der Waals surface area contributed by atoms with E-state index in [-0.39, 0.29) is 10.7 Å². The van der Waals surface area contributed by atoms with Crippen LogP contribution in [0.4, 0.5) is 23.1 Å². The van der Waals surface area contributed by atoms with Crippen LogP contribution < -0.4 is 15.5 Å². The van der Waals surface area contributed by atoms with Gasteiger partial charge in [-0.25, -0.2) is 4.98 Å². The van der Waals surface area contributed by atoms with Crippen molar-refractivity contribution < 1.29 is 4.92 Å². The zero-order valence-corrected chi connectivity index (χ0v) is 17.6. The number of unbranched alkanes of at least 4 members (excludes halogenated alkanes) is 1. The fourth-order valence-corrected chi connectivity index (χ4v) is 3.66. The van der Waals surface area contributed by atoms with E-state index in [2.05, 4.69) is 45.4 Å². The minimum absolute atomic E-state index is 0.102. The maximum absolute atomic E-state index is 11.2. The van der Waals surface area contributed by atoms with Crippen molar-refractivity contribution in [3.8, 4) is 0 Å². The fraction of sp³-hybridized carbons (Fsp3) is 0.500. The molecular weight excluding hydrogens is 392 g/mol. The molecule has 2 heterocycles. The van der Waals surface area contributed by atoms with Crippen molar-refractivity contribution in [3.05, 3.63) is 45.1 Å². The minimum atomic E-state index is -0.497. The van der Waals surface area contributed by atoms with Gasteiger partial charge in [0.05, 0.1) is 4.92 Å². The molecule has 1 saturated heterocycles. The number of nitro benzene ring substituents is 1. The van der Waals surface area contributed by atoms with Gasteiger partial charge in [0, 0.05) is 42.6 Å². The van der Waals surface area contributed by atoms with Crippen LogP contribution in [0.15, 0.2) is 24.3 Å². The molecule has 2 N–H and O–H groups in total. The van der Waals surface area contributed by atoms with Gasteiger partial charge in [-0.05, 0) is 37.9 Å². The molecule has 0 bridgehead atoms. The molecule has 0 radical (unpaired) electrons. The third kappa shape index (κ3) is 5.55. The molecule has 1 fully saturated rings. The van der Waals surface area contributed by atoms with Gasteiger partial charge < -0.3 is 15.5 Å². The molecule has 29 heavy (non-hydrogen) atoms. The molecule has 0 saturated carbocycles. The molecule has 0 spiro atoms. The summed E-state index contributed by atoms with van der Waals surface area (Å²) < 4.78 is 0. The molecule has 0 aliphatic carbocycles. The highest BCUT2D eigenvalue weighted by atomic mass is 35.5. The maximum atomic E-state index is 11.2. The van der Waals surface area contributed by atoms with Crippen molar-refractivity contribution in [2.24, 2.45) is 0 Å². The summed E-state index contributed by atoms with van der Waals surface area (Å²) in [6.45, 7) is 7.06. The van der Waals surface area contributed by atoms with Gasteiger partial charge in [0.15, 0.2) is 0 Å². The van der Waals surface area contributed by atoms with Crippen LogP contribution in [0, 0.1) is 10.1 Å². The number of nitrogens with one attached hydrogen (secondary N) is 2. The predicted molar refractivity (Wildman–Crippen MR) is 116 cm³/mol. The second kappa shape index (κ2) is 9.84. The topological polar surface area (TPSA) is 96.2 Å². The van der Waals surface area contributed by atoms with Crippen molar-refractivity contribution in [2.45, 2.75) is 45.6 Å². The van der Waals surface area contributed by atoms with E-state index in [1.54, 1.807) is 6.07 Å². The van der Waals surface area contributed by atoms with Crippen LogP contribution in [0.5, 0.6) is 0 Å². The van der Waals surface area contributed by atoms with Crippen LogP contribution in [-0.4, -0.2) is 40.6 Å². The Balaban J connectivity index is 1.86. The molecule has 0 unspecified atom stereocenters. The van der Waals surface area contributed by atoms with Crippen LogP contribution in [0.2, 0.25) is 5.02 Å². The Bertz CT molecular complexity index is 863. The third-order valence-electron chi connectivity index (χ3n) is 4.96. The number of nitro groups is 1. The van der Waals surface area contributed by atoms with E-state index in [1.807, 2.05) is 0 Å². The van der Waals surface area contributed by atoms with Crippen molar-refractivity contribution in [2.75, 3.05) is 29.9 Å². The standard InChI is InChI=1S/C20H27ClN6O2/c1-3-5-6-14-12-19(26-10-9-16(13-26)22-4-2)25-20(23-14)24-15-7-8-17(21)18(11-15)27(28)29/h7-8,11-12,16,22H,3-6,9-10,13H2,1-2H3,(H,23,24,25)/t16-/m0/s1. The van der Waals surface area contributed by atoms with Gasteiger partial charge in [-0.1, -0.05) is 31.9 Å². The molecular formula is C20H27ClN6O2. The summed E-state index contributed by atoms with van der Waals surface area (Å²) in [6, 6.07) is 7.12. The van der Waals surface area contributed by atoms with Gasteiger partial charge in [0.2, 0.25) is 5.95 Å². The molecule has 8 nitrogen and oxygen atoms in total. The quantitative estimate of drug-likeness (QED) is 0.462. The molecule has 9 heteroatoms. The number of halogens is 1. The Morgan fingerprint density at radius 1 is 1.31 bits per heavy atom. The van der Waals surface area contributed by atoms with Gasteiger partial charge in [0.1, 0.15) is 10.8 Å². The molecule has 1 atom stereocenters. The van der Waals surface area contributed by atoms with Crippen molar-refractivity contribution in [3.63, 3.8) is 0 Å². The summed E-state index contributed by atoms with van der Waals surface area (Å²) in [5.41, 5.74) is 1.36. The van der Waals surface area contributed by atoms with Crippen LogP contribution in [0.1, 0.15) is 38.8 Å². The molecule has 1 aromatic carbocycles. The number of aromatic nitrogens is 2. The van der Waals surface area contributed by atoms with E-state index in [4.69, 9.17) is 11.6 Å². The Hall–Kier alpha value is -2.45. The number of likely N-dealkylation sites (N-methyl/N-ethyl adjacent to an activating group) is 1. The van der Waals surface area contributed by atoms with Gasteiger partial charge in [-0.3, -0.25) is 10.1 Å². The Labute approximate surface area is 175 Å². The summed E-state index contributed by atoms with van der Waals surface area (Å²) in [5.74, 6) is 1.33. The summed E-state index contributed by atoms with van der Waals surface area (Å²) in [5, 5.41) is 17.9. The molecule has 2 aromatic rings. The molecule has 1 aromatic heterocycles. The van der Waals surface area contributed by atoms with Crippen LogP contribution in [0.3, 0.4) is 0 Å². The number of benzene rings is 1. The van der Waals surface area contributed by atoms with Crippen LogP contribution in [0.25, 0.3) is 0 Å². The van der Waals surface area contributed by atoms with Gasteiger partial charge in [-0.15, -0.1) is 0 Å². The van der Waals surface area contributed by atoms with E-state index in [0.717, 1.165) is 56.8 Å². The maximum Gasteiger partial charge on any atom is 0.289 e. The lowest BCUT2D eigenvalue weighted by atomic mass is 10.2. The van der Waals surface area contributed by atoms with Crippen molar-refractivity contribution in [1.82, 2.24) is 15.3 Å². The first kappa shape index (κ1) is 21.3. The van der Waals surface area contributed by atoms with Crippen LogP contribution >= 0.6 is 11.6 Å². The number of aryl methyl sites for hydroxylation is 1. The highest BCUT2D eigenvalue weighted by Gasteiger charge is 2.23. The highest BCUT2D eigenvalue weighted by molar-refractivity contribution is 6.32. The lowest BCUT2D eigenvalue weighted by Crippen LogP contribution is -2.32. The Morgan fingerprint density at radius 3 is 2.86 bits per heavy atom. The molecule has 0 amide bonds. The van der Waals surface area contributed by atoms with Gasteiger partial charge in [-0.2, -0.15) is 4.98 Å². The first-order chi connectivity index (χ1) is 14.0. The summed E-state index contributed by atoms with van der Waals surface area (Å²) in [4.78, 5) is 22.2. The minimum Gasteiger partial charge on any atom is -0.355 e. The molecule has 1 aliphatic rings.